The van der Waals surface area contributed by atoms with Crippen LogP contribution in [0.5, 0.6) is 17.4 Å². The predicted molar refractivity (Wildman–Crippen MR) is 94.8 cm³/mol. The first-order valence-corrected chi connectivity index (χ1v) is 8.50. The summed E-state index contributed by atoms with van der Waals surface area (Å²) in [4.78, 5) is 15.8. The molecule has 2 aromatic rings. The Hall–Kier alpha value is -2.97. The monoisotopic (exact) mass is 396 g/mol. The number of pyridine rings is 1. The Morgan fingerprint density at radius 3 is 2.71 bits per heavy atom. The second-order valence-corrected chi connectivity index (χ2v) is 6.91. The summed E-state index contributed by atoms with van der Waals surface area (Å²) in [5, 5.41) is 2.55. The van der Waals surface area contributed by atoms with Gasteiger partial charge in [0.1, 0.15) is 5.60 Å². The van der Waals surface area contributed by atoms with Gasteiger partial charge in [-0.2, -0.15) is 13.2 Å². The van der Waals surface area contributed by atoms with Crippen molar-refractivity contribution in [1.29, 1.82) is 0 Å². The molecule has 28 heavy (non-hydrogen) atoms. The van der Waals surface area contributed by atoms with Gasteiger partial charge in [-0.25, -0.2) is 4.98 Å². The van der Waals surface area contributed by atoms with E-state index in [1.807, 2.05) is 26.0 Å². The van der Waals surface area contributed by atoms with Crippen molar-refractivity contribution in [2.24, 2.45) is 0 Å². The molecule has 1 N–H and O–H groups in total. The van der Waals surface area contributed by atoms with Gasteiger partial charge in [-0.1, -0.05) is 12.1 Å². The van der Waals surface area contributed by atoms with Crippen molar-refractivity contribution in [3.05, 3.63) is 42.1 Å². The summed E-state index contributed by atoms with van der Waals surface area (Å²) in [5.74, 6) is 0.479. The first kappa shape index (κ1) is 19.8. The van der Waals surface area contributed by atoms with Crippen LogP contribution in [0.4, 0.5) is 18.9 Å². The van der Waals surface area contributed by atoms with Crippen molar-refractivity contribution in [2.75, 3.05) is 18.5 Å². The van der Waals surface area contributed by atoms with Crippen molar-refractivity contribution in [2.45, 2.75) is 32.0 Å². The van der Waals surface area contributed by atoms with Crippen LogP contribution >= 0.6 is 0 Å². The second kappa shape index (κ2) is 7.57. The zero-order valence-electron chi connectivity index (χ0n) is 15.3. The molecule has 3 rings (SSSR count). The largest absolute Gasteiger partial charge is 0.483 e. The Bertz CT molecular complexity index is 851. The van der Waals surface area contributed by atoms with Crippen LogP contribution in [0.25, 0.3) is 0 Å². The van der Waals surface area contributed by atoms with E-state index < -0.39 is 18.7 Å². The number of ether oxygens (including phenoxy) is 3. The molecule has 0 saturated carbocycles. The minimum atomic E-state index is -4.44. The van der Waals surface area contributed by atoms with Crippen LogP contribution < -0.4 is 19.5 Å². The molecule has 1 amide bonds. The molecule has 6 nitrogen and oxygen atoms in total. The van der Waals surface area contributed by atoms with E-state index in [4.69, 9.17) is 9.47 Å². The lowest BCUT2D eigenvalue weighted by molar-refractivity contribution is -0.154. The van der Waals surface area contributed by atoms with E-state index in [2.05, 4.69) is 15.0 Å². The highest BCUT2D eigenvalue weighted by molar-refractivity contribution is 5.91. The molecular formula is C19H19F3N2O4. The Morgan fingerprint density at radius 1 is 1.25 bits per heavy atom. The van der Waals surface area contributed by atoms with Crippen molar-refractivity contribution in [1.82, 2.24) is 4.98 Å². The normalized spacial score (nSPS) is 14.8. The lowest BCUT2D eigenvalue weighted by Gasteiger charge is -2.18. The molecule has 0 bridgehead atoms. The summed E-state index contributed by atoms with van der Waals surface area (Å²) in [5.41, 5.74) is 0.997. The number of aromatic nitrogens is 1. The molecule has 0 spiro atoms. The Kier molecular flexibility index (Phi) is 5.35. The number of rotatable bonds is 6. The number of halogens is 3. The van der Waals surface area contributed by atoms with Crippen LogP contribution in [0.15, 0.2) is 36.5 Å². The standard InChI is InChI=1S/C19H19F3N2O4/c1-18(2)8-12-4-3-5-14(17(12)28-18)26-10-15(25)24-13-6-7-16(23-9-13)27-11-19(20,21)22/h3-7,9H,8,10-11H2,1-2H3,(H,24,25). The molecule has 0 fully saturated rings. The van der Waals surface area contributed by atoms with Gasteiger partial charge in [0.25, 0.3) is 5.91 Å². The number of nitrogens with one attached hydrogen (secondary N) is 1. The number of alkyl halides is 3. The van der Waals surface area contributed by atoms with Gasteiger partial charge in [0.15, 0.2) is 24.7 Å². The maximum Gasteiger partial charge on any atom is 0.422 e. The van der Waals surface area contributed by atoms with Crippen LogP contribution in [-0.4, -0.2) is 35.9 Å². The van der Waals surface area contributed by atoms with E-state index in [9.17, 15) is 18.0 Å². The lowest BCUT2D eigenvalue weighted by atomic mass is 10.0. The number of benzene rings is 1. The maximum absolute atomic E-state index is 12.1. The minimum absolute atomic E-state index is 0.189. The average molecular weight is 396 g/mol. The van der Waals surface area contributed by atoms with E-state index in [-0.39, 0.29) is 18.1 Å². The third-order valence-corrected chi connectivity index (χ3v) is 3.82. The third-order valence-electron chi connectivity index (χ3n) is 3.82. The van der Waals surface area contributed by atoms with Gasteiger partial charge >= 0.3 is 6.18 Å². The zero-order chi connectivity index (χ0) is 20.4. The molecule has 1 aliphatic rings. The summed E-state index contributed by atoms with van der Waals surface area (Å²) in [6, 6.07) is 8.14. The molecule has 2 heterocycles. The second-order valence-electron chi connectivity index (χ2n) is 6.91. The maximum atomic E-state index is 12.1. The van der Waals surface area contributed by atoms with E-state index in [1.54, 1.807) is 6.07 Å². The molecule has 0 aliphatic carbocycles. The highest BCUT2D eigenvalue weighted by Gasteiger charge is 2.32. The number of carbonyl (C=O) groups is 1. The Balaban J connectivity index is 1.53. The van der Waals surface area contributed by atoms with Crippen LogP contribution in [0.1, 0.15) is 19.4 Å². The predicted octanol–water partition coefficient (Wildman–Crippen LogP) is 3.75. The summed E-state index contributed by atoms with van der Waals surface area (Å²) < 4.78 is 52.3. The fourth-order valence-corrected chi connectivity index (χ4v) is 2.74. The fraction of sp³-hybridized carbons (Fsp3) is 0.368. The highest BCUT2D eigenvalue weighted by atomic mass is 19.4. The molecule has 150 valence electrons. The van der Waals surface area contributed by atoms with E-state index in [1.165, 1.54) is 18.3 Å². The number of hydrogen-bond acceptors (Lipinski definition) is 5. The van der Waals surface area contributed by atoms with Crippen LogP contribution in [0, 0.1) is 0 Å². The number of nitrogens with zero attached hydrogens (tertiary/aromatic N) is 1. The number of carbonyl (C=O) groups excluding carboxylic acids is 1. The molecule has 1 aliphatic heterocycles. The summed E-state index contributed by atoms with van der Waals surface area (Å²) >= 11 is 0. The molecule has 0 radical (unpaired) electrons. The van der Waals surface area contributed by atoms with Crippen molar-refractivity contribution < 1.29 is 32.2 Å². The SMILES string of the molecule is CC1(C)Cc2cccc(OCC(=O)Nc3ccc(OCC(F)(F)F)nc3)c2O1. The zero-order valence-corrected chi connectivity index (χ0v) is 15.3. The topological polar surface area (TPSA) is 69.7 Å². The number of hydrogen-bond donors (Lipinski definition) is 1. The first-order valence-electron chi connectivity index (χ1n) is 8.50. The van der Waals surface area contributed by atoms with E-state index in [0.717, 1.165) is 12.0 Å². The molecule has 0 unspecified atom stereocenters. The van der Waals surface area contributed by atoms with Crippen LogP contribution in [-0.2, 0) is 11.2 Å². The van der Waals surface area contributed by atoms with Crippen molar-refractivity contribution >= 4 is 11.6 Å². The molecule has 1 aromatic heterocycles. The van der Waals surface area contributed by atoms with E-state index >= 15 is 0 Å². The summed E-state index contributed by atoms with van der Waals surface area (Å²) in [7, 11) is 0. The average Bonchev–Trinajstić information content (AvgIpc) is 2.93. The molecule has 9 heteroatoms. The van der Waals surface area contributed by atoms with Gasteiger partial charge in [-0.15, -0.1) is 0 Å². The van der Waals surface area contributed by atoms with Gasteiger partial charge in [0.2, 0.25) is 5.88 Å². The van der Waals surface area contributed by atoms with Gasteiger partial charge in [-0.05, 0) is 26.0 Å². The smallest absolute Gasteiger partial charge is 0.422 e. The number of amides is 1. The first-order chi connectivity index (χ1) is 13.1. The number of anilines is 1. The highest BCUT2D eigenvalue weighted by Crippen LogP contribution is 2.41. The Labute approximate surface area is 159 Å². The molecule has 0 atom stereocenters. The lowest BCUT2D eigenvalue weighted by Crippen LogP contribution is -2.25. The number of para-hydroxylation sites is 1. The van der Waals surface area contributed by atoms with E-state index in [0.29, 0.717) is 17.2 Å². The third kappa shape index (κ3) is 5.28. The fourth-order valence-electron chi connectivity index (χ4n) is 2.74. The van der Waals surface area contributed by atoms with Crippen molar-refractivity contribution in [3.8, 4) is 17.4 Å². The Morgan fingerprint density at radius 2 is 2.04 bits per heavy atom. The summed E-state index contributed by atoms with van der Waals surface area (Å²) in [6.07, 6.45) is -2.49. The van der Waals surface area contributed by atoms with Gasteiger partial charge in [-0.3, -0.25) is 4.79 Å². The van der Waals surface area contributed by atoms with Gasteiger partial charge < -0.3 is 19.5 Å². The van der Waals surface area contributed by atoms with Crippen molar-refractivity contribution in [3.63, 3.8) is 0 Å². The van der Waals surface area contributed by atoms with Crippen LogP contribution in [0.3, 0.4) is 0 Å². The number of fused-ring (bicyclic) bond motifs is 1. The minimum Gasteiger partial charge on any atom is -0.483 e. The molecular weight excluding hydrogens is 377 g/mol. The van der Waals surface area contributed by atoms with Crippen LogP contribution in [0.2, 0.25) is 0 Å². The van der Waals surface area contributed by atoms with Gasteiger partial charge in [0.05, 0.1) is 11.9 Å². The molecule has 1 aromatic carbocycles. The quantitative estimate of drug-likeness (QED) is 0.805. The van der Waals surface area contributed by atoms with Gasteiger partial charge in [0, 0.05) is 18.1 Å². The summed E-state index contributed by atoms with van der Waals surface area (Å²) in [6.45, 7) is 2.25. The molecule has 0 saturated heterocycles.